The van der Waals surface area contributed by atoms with Crippen LogP contribution in [-0.2, 0) is 23.1 Å². The van der Waals surface area contributed by atoms with E-state index in [2.05, 4.69) is 15.6 Å². The first-order valence-corrected chi connectivity index (χ1v) is 8.32. The van der Waals surface area contributed by atoms with E-state index in [1.807, 2.05) is 27.8 Å². The fraction of sp³-hybridized carbons (Fsp3) is 0.600. The van der Waals surface area contributed by atoms with Gasteiger partial charge in [-0.3, -0.25) is 4.79 Å². The number of nitrogens with zero attached hydrogens (tertiary/aromatic N) is 2. The molecule has 0 aliphatic rings. The molecule has 8 heteroatoms. The van der Waals surface area contributed by atoms with E-state index in [0.29, 0.717) is 29.2 Å². The minimum atomic E-state index is -0.232. The highest BCUT2D eigenvalue weighted by Crippen LogP contribution is 2.25. The second kappa shape index (κ2) is 9.67. The van der Waals surface area contributed by atoms with Gasteiger partial charge in [0.1, 0.15) is 5.15 Å². The molecule has 0 aliphatic carbocycles. The fourth-order valence-corrected chi connectivity index (χ4v) is 2.26. The highest BCUT2D eigenvalue weighted by atomic mass is 35.5. The number of aliphatic imine (C=N–C) groups is 1. The monoisotopic (exact) mass is 362 g/mol. The quantitative estimate of drug-likeness (QED) is 0.444. The molecule has 1 aromatic heterocycles. The van der Waals surface area contributed by atoms with Crippen molar-refractivity contribution in [1.82, 2.24) is 15.2 Å². The van der Waals surface area contributed by atoms with Gasteiger partial charge in [0, 0.05) is 25.8 Å². The molecule has 1 aromatic rings. The summed E-state index contributed by atoms with van der Waals surface area (Å²) in [4.78, 5) is 16.0. The SMILES string of the molecule is CCNC(=NCc1cc(Cl)c(Cl)n1C)NCCC(=O)OC(C)C. The molecule has 0 radical (unpaired) electrons. The van der Waals surface area contributed by atoms with Crippen LogP contribution in [0.15, 0.2) is 11.1 Å². The van der Waals surface area contributed by atoms with E-state index in [0.717, 1.165) is 12.2 Å². The number of hydrogen-bond donors (Lipinski definition) is 2. The third kappa shape index (κ3) is 6.71. The second-order valence-corrected chi connectivity index (χ2v) is 6.01. The lowest BCUT2D eigenvalue weighted by Gasteiger charge is -2.12. The first kappa shape index (κ1) is 19.6. The summed E-state index contributed by atoms with van der Waals surface area (Å²) in [7, 11) is 1.83. The van der Waals surface area contributed by atoms with Crippen LogP contribution in [0.1, 0.15) is 32.9 Å². The van der Waals surface area contributed by atoms with Crippen LogP contribution in [-0.4, -0.2) is 35.7 Å². The fourth-order valence-electron chi connectivity index (χ4n) is 1.85. The number of nitrogens with one attached hydrogen (secondary N) is 2. The van der Waals surface area contributed by atoms with Crippen molar-refractivity contribution in [1.29, 1.82) is 0 Å². The third-order valence-corrected chi connectivity index (χ3v) is 3.79. The molecule has 2 N–H and O–H groups in total. The van der Waals surface area contributed by atoms with Crippen LogP contribution in [0.25, 0.3) is 0 Å². The largest absolute Gasteiger partial charge is 0.463 e. The summed E-state index contributed by atoms with van der Waals surface area (Å²) < 4.78 is 6.87. The molecule has 0 fully saturated rings. The topological polar surface area (TPSA) is 67.7 Å². The van der Waals surface area contributed by atoms with E-state index < -0.39 is 0 Å². The molecule has 6 nitrogen and oxygen atoms in total. The molecule has 0 unspecified atom stereocenters. The minimum absolute atomic E-state index is 0.101. The zero-order valence-corrected chi connectivity index (χ0v) is 15.5. The van der Waals surface area contributed by atoms with Gasteiger partial charge in [0.25, 0.3) is 0 Å². The molecule has 0 aliphatic heterocycles. The van der Waals surface area contributed by atoms with Gasteiger partial charge in [0.15, 0.2) is 5.96 Å². The lowest BCUT2D eigenvalue weighted by Crippen LogP contribution is -2.38. The van der Waals surface area contributed by atoms with Crippen LogP contribution in [0.4, 0.5) is 0 Å². The van der Waals surface area contributed by atoms with Crippen molar-refractivity contribution >= 4 is 35.1 Å². The Balaban J connectivity index is 2.56. The van der Waals surface area contributed by atoms with Gasteiger partial charge in [0.2, 0.25) is 0 Å². The molecule has 0 saturated heterocycles. The van der Waals surface area contributed by atoms with Gasteiger partial charge in [-0.05, 0) is 26.8 Å². The van der Waals surface area contributed by atoms with Crippen molar-refractivity contribution in [2.45, 2.75) is 39.8 Å². The summed E-state index contributed by atoms with van der Waals surface area (Å²) in [6.45, 7) is 7.22. The van der Waals surface area contributed by atoms with Crippen LogP contribution in [0.2, 0.25) is 10.2 Å². The van der Waals surface area contributed by atoms with E-state index in [1.54, 1.807) is 10.6 Å². The highest BCUT2D eigenvalue weighted by Gasteiger charge is 2.09. The Kier molecular flexibility index (Phi) is 8.26. The lowest BCUT2D eigenvalue weighted by molar-refractivity contribution is -0.147. The predicted molar refractivity (Wildman–Crippen MR) is 94.1 cm³/mol. The highest BCUT2D eigenvalue weighted by molar-refractivity contribution is 6.41. The third-order valence-electron chi connectivity index (χ3n) is 2.95. The van der Waals surface area contributed by atoms with Gasteiger partial charge < -0.3 is 19.9 Å². The van der Waals surface area contributed by atoms with Gasteiger partial charge >= 0.3 is 5.97 Å². The van der Waals surface area contributed by atoms with Crippen molar-refractivity contribution in [3.63, 3.8) is 0 Å². The van der Waals surface area contributed by atoms with Crippen LogP contribution in [0.5, 0.6) is 0 Å². The van der Waals surface area contributed by atoms with Crippen molar-refractivity contribution in [2.24, 2.45) is 12.0 Å². The van der Waals surface area contributed by atoms with Gasteiger partial charge in [-0.15, -0.1) is 0 Å². The number of ether oxygens (including phenoxy) is 1. The molecule has 0 saturated carbocycles. The Morgan fingerprint density at radius 2 is 2.09 bits per heavy atom. The summed E-state index contributed by atoms with van der Waals surface area (Å²) in [5.41, 5.74) is 0.899. The molecule has 1 rings (SSSR count). The van der Waals surface area contributed by atoms with Crippen molar-refractivity contribution in [3.8, 4) is 0 Å². The Morgan fingerprint density at radius 3 is 2.61 bits per heavy atom. The molecule has 0 amide bonds. The summed E-state index contributed by atoms with van der Waals surface area (Å²) >= 11 is 12.0. The number of carbonyl (C=O) groups is 1. The second-order valence-electron chi connectivity index (χ2n) is 5.24. The minimum Gasteiger partial charge on any atom is -0.463 e. The standard InChI is InChI=1S/C15H24Cl2N4O2/c1-5-18-15(19-7-6-13(22)23-10(2)3)20-9-11-8-12(16)14(17)21(11)4/h8,10H,5-7,9H2,1-4H3,(H2,18,19,20). The summed E-state index contributed by atoms with van der Waals surface area (Å²) in [5.74, 6) is 0.391. The van der Waals surface area contributed by atoms with E-state index in [1.165, 1.54) is 0 Å². The van der Waals surface area contributed by atoms with Crippen LogP contribution < -0.4 is 10.6 Å². The average Bonchev–Trinajstić information content (AvgIpc) is 2.71. The Bertz CT molecular complexity index is 556. The van der Waals surface area contributed by atoms with Crippen molar-refractivity contribution in [2.75, 3.05) is 13.1 Å². The number of guanidine groups is 1. The summed E-state index contributed by atoms with van der Waals surface area (Å²) in [5, 5.41) is 7.22. The molecule has 130 valence electrons. The molecular weight excluding hydrogens is 339 g/mol. The maximum Gasteiger partial charge on any atom is 0.307 e. The number of hydrogen-bond acceptors (Lipinski definition) is 3. The first-order valence-electron chi connectivity index (χ1n) is 7.56. The van der Waals surface area contributed by atoms with Gasteiger partial charge in [-0.2, -0.15) is 0 Å². The molecule has 0 atom stereocenters. The molecular formula is C15H24Cl2N4O2. The average molecular weight is 363 g/mol. The van der Waals surface area contributed by atoms with Crippen LogP contribution in [0.3, 0.4) is 0 Å². The molecule has 0 bridgehead atoms. The smallest absolute Gasteiger partial charge is 0.307 e. The summed E-state index contributed by atoms with van der Waals surface area (Å²) in [6.07, 6.45) is 0.181. The van der Waals surface area contributed by atoms with E-state index >= 15 is 0 Å². The number of rotatable bonds is 7. The normalized spacial score (nSPS) is 11.7. The Labute approximate surface area is 147 Å². The maximum atomic E-state index is 11.5. The number of esters is 1. The Hall–Kier alpha value is -1.40. The number of halogens is 2. The summed E-state index contributed by atoms with van der Waals surface area (Å²) in [6, 6.07) is 1.79. The van der Waals surface area contributed by atoms with E-state index in [9.17, 15) is 4.79 Å². The number of aromatic nitrogens is 1. The van der Waals surface area contributed by atoms with Crippen LogP contribution >= 0.6 is 23.2 Å². The zero-order chi connectivity index (χ0) is 17.4. The van der Waals surface area contributed by atoms with Gasteiger partial charge in [-0.25, -0.2) is 4.99 Å². The molecule has 1 heterocycles. The van der Waals surface area contributed by atoms with Crippen molar-refractivity contribution in [3.05, 3.63) is 21.9 Å². The van der Waals surface area contributed by atoms with E-state index in [4.69, 9.17) is 27.9 Å². The van der Waals surface area contributed by atoms with Gasteiger partial charge in [0.05, 0.1) is 24.1 Å². The maximum absolute atomic E-state index is 11.5. The lowest BCUT2D eigenvalue weighted by atomic mass is 10.4. The number of carbonyl (C=O) groups excluding carboxylic acids is 1. The molecule has 0 spiro atoms. The van der Waals surface area contributed by atoms with Crippen molar-refractivity contribution < 1.29 is 9.53 Å². The first-order chi connectivity index (χ1) is 10.8. The van der Waals surface area contributed by atoms with Crippen LogP contribution in [0, 0.1) is 0 Å². The Morgan fingerprint density at radius 1 is 1.39 bits per heavy atom. The molecule has 23 heavy (non-hydrogen) atoms. The predicted octanol–water partition coefficient (Wildman–Crippen LogP) is 2.73. The molecule has 0 aromatic carbocycles. The van der Waals surface area contributed by atoms with E-state index in [-0.39, 0.29) is 18.5 Å². The van der Waals surface area contributed by atoms with Gasteiger partial charge in [-0.1, -0.05) is 23.2 Å². The zero-order valence-electron chi connectivity index (χ0n) is 13.9.